The lowest BCUT2D eigenvalue weighted by Crippen LogP contribution is -2.40. The number of hydrogen-bond acceptors (Lipinski definition) is 7. The first-order chi connectivity index (χ1) is 18.8. The maximum atomic E-state index is 13.2. The Hall–Kier alpha value is -3.12. The van der Waals surface area contributed by atoms with Crippen molar-refractivity contribution >= 4 is 35.9 Å². The molecule has 0 unspecified atom stereocenters. The first kappa shape index (κ1) is 29.8. The van der Waals surface area contributed by atoms with Gasteiger partial charge in [-0.2, -0.15) is 0 Å². The highest BCUT2D eigenvalue weighted by atomic mass is 35.5. The van der Waals surface area contributed by atoms with E-state index in [9.17, 15) is 8.42 Å². The summed E-state index contributed by atoms with van der Waals surface area (Å²) in [5, 5.41) is 9.12. The third kappa shape index (κ3) is 6.77. The van der Waals surface area contributed by atoms with Crippen LogP contribution in [0.25, 0.3) is 17.3 Å². The average Bonchev–Trinajstić information content (AvgIpc) is 3.56. The minimum absolute atomic E-state index is 0.00675. The van der Waals surface area contributed by atoms with E-state index in [1.807, 2.05) is 12.1 Å². The van der Waals surface area contributed by atoms with Gasteiger partial charge in [0.05, 0.1) is 31.4 Å². The van der Waals surface area contributed by atoms with Crippen molar-refractivity contribution in [3.63, 3.8) is 0 Å². The molecule has 0 amide bonds. The van der Waals surface area contributed by atoms with E-state index >= 15 is 0 Å². The summed E-state index contributed by atoms with van der Waals surface area (Å²) in [7, 11) is -4.37. The summed E-state index contributed by atoms with van der Waals surface area (Å²) >= 11 is 5.96. The Morgan fingerprint density at radius 2 is 1.77 bits per heavy atom. The quantitative estimate of drug-likeness (QED) is 0.190. The molecule has 0 aliphatic rings. The second kappa shape index (κ2) is 11.8. The molecule has 0 aliphatic carbocycles. The van der Waals surface area contributed by atoms with Gasteiger partial charge < -0.3 is 13.6 Å². The number of ether oxygens (including phenoxy) is 1. The van der Waals surface area contributed by atoms with E-state index in [0.29, 0.717) is 41.1 Å². The van der Waals surface area contributed by atoms with Crippen LogP contribution in [-0.2, 0) is 27.5 Å². The van der Waals surface area contributed by atoms with Crippen molar-refractivity contribution in [3.8, 4) is 23.0 Å². The zero-order chi connectivity index (χ0) is 29.1. The molecule has 214 valence electrons. The van der Waals surface area contributed by atoms with Gasteiger partial charge in [-0.15, -0.1) is 10.2 Å². The summed E-state index contributed by atoms with van der Waals surface area (Å²) in [6, 6.07) is 16.1. The molecule has 4 aromatic rings. The fourth-order valence-electron chi connectivity index (χ4n) is 3.80. The highest BCUT2D eigenvalue weighted by Gasteiger charge is 2.37. The Bertz CT molecular complexity index is 1550. The largest absolute Gasteiger partial charge is 0.495 e. The van der Waals surface area contributed by atoms with Gasteiger partial charge >= 0.3 is 0 Å². The van der Waals surface area contributed by atoms with E-state index in [0.717, 1.165) is 11.1 Å². The number of furan rings is 1. The molecular weight excluding hydrogens is 568 g/mol. The first-order valence-electron chi connectivity index (χ1n) is 12.9. The van der Waals surface area contributed by atoms with Gasteiger partial charge in [-0.25, -0.2) is 8.42 Å². The van der Waals surface area contributed by atoms with Crippen LogP contribution >= 0.6 is 11.6 Å². The van der Waals surface area contributed by atoms with Crippen LogP contribution < -0.4 is 9.46 Å². The van der Waals surface area contributed by atoms with Crippen LogP contribution in [0, 0.1) is 0 Å². The van der Waals surface area contributed by atoms with Crippen molar-refractivity contribution < 1.29 is 22.0 Å². The molecule has 2 heterocycles. The van der Waals surface area contributed by atoms with Crippen LogP contribution in [0.1, 0.15) is 31.9 Å². The Morgan fingerprint density at radius 3 is 2.40 bits per heavy atom. The molecule has 0 aliphatic heterocycles. The fourth-order valence-corrected chi connectivity index (χ4v) is 5.89. The molecule has 0 atom stereocenters. The van der Waals surface area contributed by atoms with Crippen molar-refractivity contribution in [1.82, 2.24) is 14.8 Å². The van der Waals surface area contributed by atoms with E-state index in [2.05, 4.69) is 48.8 Å². The molecule has 2 aromatic heterocycles. The number of sulfonamides is 1. The maximum absolute atomic E-state index is 13.2. The number of rotatable bonds is 11. The molecule has 1 N–H and O–H groups in total. The number of nitrogens with one attached hydrogen (secondary N) is 1. The Morgan fingerprint density at radius 1 is 1.05 bits per heavy atom. The standard InChI is InChI=1S/C28H35ClN4O5SSi/c1-28(2,3)40(5,6)38-19-21-9-7-10-23(36-4)25(21)33-26(24-11-8-17-37-24)30-31-27(33)32-39(34,35)18-16-20-12-14-22(29)15-13-20/h7-15,17H,16,18-19H2,1-6H3,(H,31,32). The van der Waals surface area contributed by atoms with Gasteiger partial charge in [0.1, 0.15) is 5.75 Å². The molecule has 0 saturated heterocycles. The smallest absolute Gasteiger partial charge is 0.243 e. The third-order valence-electron chi connectivity index (χ3n) is 7.14. The zero-order valence-electron chi connectivity index (χ0n) is 23.6. The number of aryl methyl sites for hydroxylation is 1. The molecule has 0 fully saturated rings. The minimum atomic E-state index is -3.82. The van der Waals surface area contributed by atoms with E-state index in [1.165, 1.54) is 6.26 Å². The number of aromatic nitrogens is 3. The Balaban J connectivity index is 1.75. The lowest BCUT2D eigenvalue weighted by molar-refractivity contribution is 0.275. The normalized spacial score (nSPS) is 12.5. The van der Waals surface area contributed by atoms with Gasteiger partial charge in [0, 0.05) is 10.6 Å². The van der Waals surface area contributed by atoms with E-state index in [4.69, 9.17) is 25.2 Å². The summed E-state index contributed by atoms with van der Waals surface area (Å²) in [5.74, 6) is 1.09. The fraction of sp³-hybridized carbons (Fsp3) is 0.357. The van der Waals surface area contributed by atoms with Crippen molar-refractivity contribution in [3.05, 3.63) is 77.0 Å². The Labute approximate surface area is 241 Å². The first-order valence-corrected chi connectivity index (χ1v) is 17.8. The summed E-state index contributed by atoms with van der Waals surface area (Å²) in [6.45, 7) is 11.2. The molecule has 4 rings (SSSR count). The maximum Gasteiger partial charge on any atom is 0.243 e. The number of anilines is 1. The highest BCUT2D eigenvalue weighted by Crippen LogP contribution is 2.39. The number of methoxy groups -OCH3 is 1. The summed E-state index contributed by atoms with van der Waals surface area (Å²) in [4.78, 5) is 0. The SMILES string of the molecule is COc1cccc(CO[Si](C)(C)C(C)(C)C)c1-n1c(NS(=O)(=O)CCc2ccc(Cl)cc2)nnc1-c1ccco1. The van der Waals surface area contributed by atoms with Crippen LogP contribution in [0.5, 0.6) is 5.75 Å². The molecular formula is C28H35ClN4O5SSi. The van der Waals surface area contributed by atoms with Crippen molar-refractivity contribution in [1.29, 1.82) is 0 Å². The third-order valence-corrected chi connectivity index (χ3v) is 13.1. The molecule has 12 heteroatoms. The average molecular weight is 603 g/mol. The lowest BCUT2D eigenvalue weighted by atomic mass is 10.1. The molecule has 9 nitrogen and oxygen atoms in total. The lowest BCUT2D eigenvalue weighted by Gasteiger charge is -2.36. The number of benzene rings is 2. The van der Waals surface area contributed by atoms with Gasteiger partial charge in [-0.1, -0.05) is 56.6 Å². The van der Waals surface area contributed by atoms with Gasteiger partial charge in [-0.05, 0) is 60.4 Å². The predicted octanol–water partition coefficient (Wildman–Crippen LogP) is 6.70. The monoisotopic (exact) mass is 602 g/mol. The molecule has 40 heavy (non-hydrogen) atoms. The van der Waals surface area contributed by atoms with Crippen molar-refractivity contribution in [2.45, 2.75) is 51.9 Å². The number of para-hydroxylation sites is 1. The van der Waals surface area contributed by atoms with Crippen LogP contribution in [-0.4, -0.2) is 44.4 Å². The molecule has 0 saturated carbocycles. The summed E-state index contributed by atoms with van der Waals surface area (Å²) in [6.07, 6.45) is 1.82. The Kier molecular flexibility index (Phi) is 8.79. The summed E-state index contributed by atoms with van der Waals surface area (Å²) in [5.41, 5.74) is 2.20. The van der Waals surface area contributed by atoms with E-state index < -0.39 is 18.3 Å². The van der Waals surface area contributed by atoms with Gasteiger partial charge in [0.25, 0.3) is 0 Å². The van der Waals surface area contributed by atoms with Crippen LogP contribution in [0.3, 0.4) is 0 Å². The van der Waals surface area contributed by atoms with E-state index in [-0.39, 0.29) is 16.7 Å². The van der Waals surface area contributed by atoms with E-state index in [1.54, 1.807) is 54.1 Å². The minimum Gasteiger partial charge on any atom is -0.495 e. The molecule has 0 spiro atoms. The number of halogens is 1. The second-order valence-electron chi connectivity index (χ2n) is 11.0. The van der Waals surface area contributed by atoms with Crippen LogP contribution in [0.15, 0.2) is 65.3 Å². The van der Waals surface area contributed by atoms with Gasteiger partial charge in [-0.3, -0.25) is 9.29 Å². The topological polar surface area (TPSA) is 108 Å². The predicted molar refractivity (Wildman–Crippen MR) is 160 cm³/mol. The summed E-state index contributed by atoms with van der Waals surface area (Å²) < 4.78 is 48.6. The molecule has 2 aromatic carbocycles. The number of nitrogens with zero attached hydrogens (tertiary/aromatic N) is 3. The van der Waals surface area contributed by atoms with Gasteiger partial charge in [0.15, 0.2) is 14.1 Å². The van der Waals surface area contributed by atoms with Crippen molar-refractivity contribution in [2.24, 2.45) is 0 Å². The number of hydrogen-bond donors (Lipinski definition) is 1. The van der Waals surface area contributed by atoms with Crippen LogP contribution in [0.2, 0.25) is 23.2 Å². The highest BCUT2D eigenvalue weighted by molar-refractivity contribution is 7.92. The van der Waals surface area contributed by atoms with Crippen molar-refractivity contribution in [2.75, 3.05) is 17.6 Å². The molecule has 0 radical (unpaired) electrons. The zero-order valence-corrected chi connectivity index (χ0v) is 26.1. The van der Waals surface area contributed by atoms with Gasteiger partial charge in [0.2, 0.25) is 21.8 Å². The van der Waals surface area contributed by atoms with Crippen LogP contribution in [0.4, 0.5) is 5.95 Å². The molecule has 0 bridgehead atoms. The second-order valence-corrected chi connectivity index (χ2v) is 18.1.